The molecule has 18 heavy (non-hydrogen) atoms. The first-order chi connectivity index (χ1) is 8.54. The summed E-state index contributed by atoms with van der Waals surface area (Å²) in [6, 6.07) is 4.99. The molecule has 0 spiro atoms. The Balaban J connectivity index is 2.10. The zero-order valence-corrected chi connectivity index (χ0v) is 10.5. The van der Waals surface area contributed by atoms with Crippen LogP contribution in [0.25, 0.3) is 0 Å². The lowest BCUT2D eigenvalue weighted by Crippen LogP contribution is -2.44. The van der Waals surface area contributed by atoms with E-state index in [1.54, 1.807) is 6.07 Å². The number of pyridine rings is 1. The molecule has 1 saturated heterocycles. The molecule has 2 N–H and O–H groups in total. The van der Waals surface area contributed by atoms with Crippen molar-refractivity contribution in [2.24, 2.45) is 0 Å². The average molecular weight is 250 g/mol. The summed E-state index contributed by atoms with van der Waals surface area (Å²) in [6.45, 7) is 3.40. The van der Waals surface area contributed by atoms with E-state index in [0.29, 0.717) is 31.7 Å². The minimum Gasteiger partial charge on any atom is -0.477 e. The van der Waals surface area contributed by atoms with Crippen molar-refractivity contribution in [3.8, 4) is 0 Å². The van der Waals surface area contributed by atoms with Gasteiger partial charge in [0.2, 0.25) is 0 Å². The number of aromatic nitrogens is 1. The van der Waals surface area contributed by atoms with E-state index >= 15 is 0 Å². The average Bonchev–Trinajstić information content (AvgIpc) is 2.40. The Bertz CT molecular complexity index is 440. The molecule has 1 aromatic heterocycles. The van der Waals surface area contributed by atoms with E-state index in [1.165, 1.54) is 6.07 Å². The van der Waals surface area contributed by atoms with Crippen molar-refractivity contribution in [2.45, 2.75) is 31.8 Å². The first-order valence-electron chi connectivity index (χ1n) is 6.22. The van der Waals surface area contributed by atoms with E-state index in [0.717, 1.165) is 6.42 Å². The smallest absolute Gasteiger partial charge is 0.354 e. The normalized spacial score (nSPS) is 18.7. The number of nitrogens with zero attached hydrogens (tertiary/aromatic N) is 2. The second-order valence-corrected chi connectivity index (χ2v) is 4.75. The fourth-order valence-corrected chi connectivity index (χ4v) is 2.22. The van der Waals surface area contributed by atoms with Crippen molar-refractivity contribution in [3.05, 3.63) is 23.9 Å². The Morgan fingerprint density at radius 3 is 2.67 bits per heavy atom. The number of carbonyl (C=O) groups is 1. The van der Waals surface area contributed by atoms with Crippen LogP contribution in [0.15, 0.2) is 18.2 Å². The van der Waals surface area contributed by atoms with Crippen LogP contribution >= 0.6 is 0 Å². The summed E-state index contributed by atoms with van der Waals surface area (Å²) in [4.78, 5) is 17.0. The van der Waals surface area contributed by atoms with Gasteiger partial charge < -0.3 is 15.1 Å². The summed E-state index contributed by atoms with van der Waals surface area (Å²) in [5, 5.41) is 19.1. The molecule has 1 aliphatic rings. The number of rotatable bonds is 3. The van der Waals surface area contributed by atoms with Gasteiger partial charge in [-0.2, -0.15) is 0 Å². The standard InChI is InChI=1S/C13H18N2O3/c1-2-13(18)6-8-15(9-7-13)11-5-3-4-10(14-11)12(16)17/h3-5,18H,2,6-9H2,1H3,(H,16,17). The topological polar surface area (TPSA) is 73.7 Å². The maximum absolute atomic E-state index is 10.9. The van der Waals surface area contributed by atoms with E-state index in [1.807, 2.05) is 17.9 Å². The van der Waals surface area contributed by atoms with Crippen LogP contribution in [0.5, 0.6) is 0 Å². The summed E-state index contributed by atoms with van der Waals surface area (Å²) < 4.78 is 0. The minimum atomic E-state index is -1.01. The molecule has 1 aromatic rings. The van der Waals surface area contributed by atoms with Crippen molar-refractivity contribution in [3.63, 3.8) is 0 Å². The number of hydrogen-bond acceptors (Lipinski definition) is 4. The molecule has 0 amide bonds. The molecule has 5 nitrogen and oxygen atoms in total. The molecule has 0 aromatic carbocycles. The van der Waals surface area contributed by atoms with Gasteiger partial charge in [-0.3, -0.25) is 0 Å². The zero-order chi connectivity index (χ0) is 13.2. The van der Waals surface area contributed by atoms with E-state index in [2.05, 4.69) is 4.98 Å². The monoisotopic (exact) mass is 250 g/mol. The van der Waals surface area contributed by atoms with E-state index in [-0.39, 0.29) is 5.69 Å². The summed E-state index contributed by atoms with van der Waals surface area (Å²) >= 11 is 0. The molecule has 0 radical (unpaired) electrons. The predicted molar refractivity (Wildman–Crippen MR) is 67.9 cm³/mol. The SMILES string of the molecule is CCC1(O)CCN(c2cccc(C(=O)O)n2)CC1. The maximum Gasteiger partial charge on any atom is 0.354 e. The molecule has 0 unspecified atom stereocenters. The number of piperidine rings is 1. The van der Waals surface area contributed by atoms with Gasteiger partial charge in [-0.15, -0.1) is 0 Å². The van der Waals surface area contributed by atoms with Gasteiger partial charge in [0.25, 0.3) is 0 Å². The summed E-state index contributed by atoms with van der Waals surface area (Å²) in [7, 11) is 0. The second kappa shape index (κ2) is 4.94. The second-order valence-electron chi connectivity index (χ2n) is 4.75. The molecule has 5 heteroatoms. The van der Waals surface area contributed by atoms with Crippen LogP contribution in [-0.4, -0.2) is 39.9 Å². The van der Waals surface area contributed by atoms with Crippen LogP contribution in [-0.2, 0) is 0 Å². The van der Waals surface area contributed by atoms with Gasteiger partial charge in [0.1, 0.15) is 5.82 Å². The van der Waals surface area contributed by atoms with Crippen molar-refractivity contribution in [1.82, 2.24) is 4.98 Å². The molecule has 2 heterocycles. The van der Waals surface area contributed by atoms with E-state index in [4.69, 9.17) is 5.11 Å². The Kier molecular flexibility index (Phi) is 3.52. The third kappa shape index (κ3) is 2.61. The summed E-state index contributed by atoms with van der Waals surface area (Å²) in [5.41, 5.74) is -0.509. The van der Waals surface area contributed by atoms with Gasteiger partial charge in [0, 0.05) is 13.1 Å². The number of aliphatic hydroxyl groups is 1. The van der Waals surface area contributed by atoms with Gasteiger partial charge in [0.05, 0.1) is 5.60 Å². The lowest BCUT2D eigenvalue weighted by molar-refractivity contribution is 0.0124. The maximum atomic E-state index is 10.9. The number of hydrogen-bond donors (Lipinski definition) is 2. The number of carboxylic acid groups (broad SMARTS) is 1. The highest BCUT2D eigenvalue weighted by Crippen LogP contribution is 2.27. The molecule has 0 bridgehead atoms. The lowest BCUT2D eigenvalue weighted by Gasteiger charge is -2.38. The van der Waals surface area contributed by atoms with Gasteiger partial charge in [0.15, 0.2) is 5.69 Å². The highest BCUT2D eigenvalue weighted by Gasteiger charge is 2.30. The molecule has 98 valence electrons. The third-order valence-electron chi connectivity index (χ3n) is 3.63. The Morgan fingerprint density at radius 1 is 1.44 bits per heavy atom. The fourth-order valence-electron chi connectivity index (χ4n) is 2.22. The molecule has 0 saturated carbocycles. The number of carboxylic acids is 1. The van der Waals surface area contributed by atoms with E-state index in [9.17, 15) is 9.90 Å². The predicted octanol–water partition coefficient (Wildman–Crippen LogP) is 1.52. The third-order valence-corrected chi connectivity index (χ3v) is 3.63. The zero-order valence-electron chi connectivity index (χ0n) is 10.5. The van der Waals surface area contributed by atoms with E-state index < -0.39 is 11.6 Å². The molecular weight excluding hydrogens is 232 g/mol. The Labute approximate surface area is 106 Å². The molecule has 1 aliphatic heterocycles. The molecular formula is C13H18N2O3. The highest BCUT2D eigenvalue weighted by atomic mass is 16.4. The first kappa shape index (κ1) is 12.8. The Morgan fingerprint density at radius 2 is 2.11 bits per heavy atom. The largest absolute Gasteiger partial charge is 0.477 e. The molecule has 2 rings (SSSR count). The van der Waals surface area contributed by atoms with Crippen LogP contribution < -0.4 is 4.90 Å². The quantitative estimate of drug-likeness (QED) is 0.850. The fraction of sp³-hybridized carbons (Fsp3) is 0.538. The first-order valence-corrected chi connectivity index (χ1v) is 6.22. The number of anilines is 1. The van der Waals surface area contributed by atoms with Crippen molar-refractivity contribution >= 4 is 11.8 Å². The van der Waals surface area contributed by atoms with Crippen LogP contribution in [0.2, 0.25) is 0 Å². The lowest BCUT2D eigenvalue weighted by atomic mass is 9.89. The van der Waals surface area contributed by atoms with Crippen molar-refractivity contribution < 1.29 is 15.0 Å². The molecule has 0 atom stereocenters. The van der Waals surface area contributed by atoms with Gasteiger partial charge in [-0.05, 0) is 31.4 Å². The summed E-state index contributed by atoms with van der Waals surface area (Å²) in [5.74, 6) is -0.341. The van der Waals surface area contributed by atoms with Crippen LogP contribution in [0, 0.1) is 0 Å². The summed E-state index contributed by atoms with van der Waals surface area (Å²) in [6.07, 6.45) is 2.15. The van der Waals surface area contributed by atoms with Gasteiger partial charge >= 0.3 is 5.97 Å². The number of aromatic carboxylic acids is 1. The molecule has 1 fully saturated rings. The van der Waals surface area contributed by atoms with Gasteiger partial charge in [-0.1, -0.05) is 13.0 Å². The van der Waals surface area contributed by atoms with Gasteiger partial charge in [-0.25, -0.2) is 9.78 Å². The molecule has 0 aliphatic carbocycles. The highest BCUT2D eigenvalue weighted by molar-refractivity contribution is 5.85. The van der Waals surface area contributed by atoms with Crippen molar-refractivity contribution in [2.75, 3.05) is 18.0 Å². The van der Waals surface area contributed by atoms with Crippen LogP contribution in [0.4, 0.5) is 5.82 Å². The van der Waals surface area contributed by atoms with Crippen LogP contribution in [0.1, 0.15) is 36.7 Å². The Hall–Kier alpha value is -1.62. The van der Waals surface area contributed by atoms with Crippen LogP contribution in [0.3, 0.4) is 0 Å². The minimum absolute atomic E-state index is 0.0591. The van der Waals surface area contributed by atoms with Crippen molar-refractivity contribution in [1.29, 1.82) is 0 Å².